The van der Waals surface area contributed by atoms with Crippen LogP contribution in [0.15, 0.2) is 17.1 Å². The molecule has 0 spiro atoms. The number of nitrogens with one attached hydrogen (secondary N) is 2. The third-order valence-electron chi connectivity index (χ3n) is 4.17. The number of aliphatic imine (C=N–C) groups is 1. The van der Waals surface area contributed by atoms with Gasteiger partial charge in [-0.15, -0.1) is 11.3 Å². The molecular formula is C17H30N4S. The second-order valence-electron chi connectivity index (χ2n) is 5.89. The molecule has 5 heteroatoms. The Morgan fingerprint density at radius 3 is 2.64 bits per heavy atom. The molecule has 0 bridgehead atoms. The summed E-state index contributed by atoms with van der Waals surface area (Å²) in [6.45, 7) is 11.7. The SMILES string of the molecule is CCNC(=NCc1ccc(C)s1)NCC(CC)N1CCCC1. The van der Waals surface area contributed by atoms with Gasteiger partial charge in [-0.1, -0.05) is 6.92 Å². The Kier molecular flexibility index (Phi) is 7.19. The van der Waals surface area contributed by atoms with Crippen molar-refractivity contribution < 1.29 is 0 Å². The van der Waals surface area contributed by atoms with Crippen molar-refractivity contribution in [1.29, 1.82) is 0 Å². The van der Waals surface area contributed by atoms with E-state index in [1.54, 1.807) is 0 Å². The first kappa shape index (κ1) is 17.3. The predicted octanol–water partition coefficient (Wildman–Crippen LogP) is 2.99. The van der Waals surface area contributed by atoms with Crippen molar-refractivity contribution in [2.45, 2.75) is 52.6 Å². The maximum atomic E-state index is 4.72. The number of aryl methyl sites for hydroxylation is 1. The molecule has 1 fully saturated rings. The average Bonchev–Trinajstić information content (AvgIpc) is 3.17. The summed E-state index contributed by atoms with van der Waals surface area (Å²) in [6.07, 6.45) is 3.89. The fourth-order valence-corrected chi connectivity index (χ4v) is 3.74. The lowest BCUT2D eigenvalue weighted by atomic mass is 10.2. The van der Waals surface area contributed by atoms with E-state index in [2.05, 4.69) is 48.4 Å². The third-order valence-corrected chi connectivity index (χ3v) is 5.15. The van der Waals surface area contributed by atoms with Crippen molar-refractivity contribution in [1.82, 2.24) is 15.5 Å². The smallest absolute Gasteiger partial charge is 0.191 e. The van der Waals surface area contributed by atoms with Gasteiger partial charge in [-0.3, -0.25) is 4.90 Å². The van der Waals surface area contributed by atoms with Crippen molar-refractivity contribution in [2.75, 3.05) is 26.2 Å². The van der Waals surface area contributed by atoms with Gasteiger partial charge in [-0.2, -0.15) is 0 Å². The molecule has 4 nitrogen and oxygen atoms in total. The van der Waals surface area contributed by atoms with Crippen LogP contribution in [0.3, 0.4) is 0 Å². The summed E-state index contributed by atoms with van der Waals surface area (Å²) in [4.78, 5) is 10.00. The quantitative estimate of drug-likeness (QED) is 0.599. The summed E-state index contributed by atoms with van der Waals surface area (Å²) in [5.74, 6) is 0.936. The van der Waals surface area contributed by atoms with Crippen molar-refractivity contribution in [3.05, 3.63) is 21.9 Å². The van der Waals surface area contributed by atoms with Gasteiger partial charge in [-0.25, -0.2) is 4.99 Å². The Balaban J connectivity index is 1.86. The Hall–Kier alpha value is -1.07. The van der Waals surface area contributed by atoms with E-state index in [4.69, 9.17) is 4.99 Å². The van der Waals surface area contributed by atoms with Crippen LogP contribution in [0.1, 0.15) is 42.9 Å². The van der Waals surface area contributed by atoms with E-state index < -0.39 is 0 Å². The van der Waals surface area contributed by atoms with Gasteiger partial charge in [0.2, 0.25) is 0 Å². The van der Waals surface area contributed by atoms with Crippen molar-refractivity contribution in [3.63, 3.8) is 0 Å². The Bertz CT molecular complexity index is 463. The zero-order valence-corrected chi connectivity index (χ0v) is 15.0. The lowest BCUT2D eigenvalue weighted by Crippen LogP contribution is -2.46. The summed E-state index contributed by atoms with van der Waals surface area (Å²) >= 11 is 1.83. The number of thiophene rings is 1. The van der Waals surface area contributed by atoms with Gasteiger partial charge in [0.25, 0.3) is 0 Å². The first-order valence-electron chi connectivity index (χ1n) is 8.54. The molecule has 22 heavy (non-hydrogen) atoms. The van der Waals surface area contributed by atoms with E-state index in [0.29, 0.717) is 6.04 Å². The normalized spacial score (nSPS) is 17.7. The van der Waals surface area contributed by atoms with Gasteiger partial charge in [0.05, 0.1) is 6.54 Å². The summed E-state index contributed by atoms with van der Waals surface area (Å²) in [5, 5.41) is 6.88. The highest BCUT2D eigenvalue weighted by Gasteiger charge is 2.20. The zero-order chi connectivity index (χ0) is 15.8. The van der Waals surface area contributed by atoms with Crippen LogP contribution in [0.4, 0.5) is 0 Å². The summed E-state index contributed by atoms with van der Waals surface area (Å²) in [5.41, 5.74) is 0. The van der Waals surface area contributed by atoms with Gasteiger partial charge in [0, 0.05) is 28.9 Å². The van der Waals surface area contributed by atoms with Crippen LogP contribution in [-0.4, -0.2) is 43.1 Å². The molecule has 1 aromatic rings. The maximum Gasteiger partial charge on any atom is 0.191 e. The molecule has 0 radical (unpaired) electrons. The summed E-state index contributed by atoms with van der Waals surface area (Å²) < 4.78 is 0. The fraction of sp³-hybridized carbons (Fsp3) is 0.706. The Morgan fingerprint density at radius 1 is 1.27 bits per heavy atom. The predicted molar refractivity (Wildman–Crippen MR) is 96.8 cm³/mol. The molecule has 1 saturated heterocycles. The first-order chi connectivity index (χ1) is 10.7. The van der Waals surface area contributed by atoms with Crippen LogP contribution in [0.25, 0.3) is 0 Å². The average molecular weight is 323 g/mol. The van der Waals surface area contributed by atoms with E-state index in [1.165, 1.54) is 42.1 Å². The van der Waals surface area contributed by atoms with Gasteiger partial charge in [-0.05, 0) is 58.3 Å². The van der Waals surface area contributed by atoms with Crippen molar-refractivity contribution in [3.8, 4) is 0 Å². The third kappa shape index (κ3) is 5.29. The molecule has 0 amide bonds. The van der Waals surface area contributed by atoms with E-state index >= 15 is 0 Å². The number of hydrogen-bond acceptors (Lipinski definition) is 3. The number of guanidine groups is 1. The van der Waals surface area contributed by atoms with Gasteiger partial charge in [0.1, 0.15) is 0 Å². The summed E-state index contributed by atoms with van der Waals surface area (Å²) in [7, 11) is 0. The van der Waals surface area contributed by atoms with E-state index in [0.717, 1.165) is 25.6 Å². The van der Waals surface area contributed by atoms with Crippen molar-refractivity contribution >= 4 is 17.3 Å². The largest absolute Gasteiger partial charge is 0.357 e. The Morgan fingerprint density at radius 2 is 2.05 bits per heavy atom. The number of hydrogen-bond donors (Lipinski definition) is 2. The second kappa shape index (κ2) is 9.16. The highest BCUT2D eigenvalue weighted by atomic mass is 32.1. The van der Waals surface area contributed by atoms with Crippen LogP contribution in [0.2, 0.25) is 0 Å². The van der Waals surface area contributed by atoms with Crippen molar-refractivity contribution in [2.24, 2.45) is 4.99 Å². The van der Waals surface area contributed by atoms with Crippen LogP contribution < -0.4 is 10.6 Å². The second-order valence-corrected chi connectivity index (χ2v) is 7.27. The Labute approximate surface area is 139 Å². The van der Waals surface area contributed by atoms with Crippen LogP contribution >= 0.6 is 11.3 Å². The highest BCUT2D eigenvalue weighted by Crippen LogP contribution is 2.16. The molecular weight excluding hydrogens is 292 g/mol. The number of nitrogens with zero attached hydrogens (tertiary/aromatic N) is 2. The number of likely N-dealkylation sites (tertiary alicyclic amines) is 1. The fourth-order valence-electron chi connectivity index (χ4n) is 2.92. The zero-order valence-electron chi connectivity index (χ0n) is 14.2. The minimum absolute atomic E-state index is 0.621. The van der Waals surface area contributed by atoms with Crippen LogP contribution in [0, 0.1) is 6.92 Å². The molecule has 2 N–H and O–H groups in total. The molecule has 2 rings (SSSR count). The molecule has 1 aliphatic rings. The minimum atomic E-state index is 0.621. The molecule has 1 aliphatic heterocycles. The molecule has 1 unspecified atom stereocenters. The molecule has 0 aliphatic carbocycles. The van der Waals surface area contributed by atoms with Gasteiger partial charge >= 0.3 is 0 Å². The van der Waals surface area contributed by atoms with Gasteiger partial charge < -0.3 is 10.6 Å². The molecule has 0 aromatic carbocycles. The van der Waals surface area contributed by atoms with E-state index in [-0.39, 0.29) is 0 Å². The molecule has 1 atom stereocenters. The molecule has 124 valence electrons. The maximum absolute atomic E-state index is 4.72. The standard InChI is InChI=1S/C17H30N4S/c1-4-15(21-10-6-7-11-21)12-19-17(18-5-2)20-13-16-9-8-14(3)22-16/h8-9,15H,4-7,10-13H2,1-3H3,(H2,18,19,20). The van der Waals surface area contributed by atoms with Crippen LogP contribution in [-0.2, 0) is 6.54 Å². The van der Waals surface area contributed by atoms with Crippen LogP contribution in [0.5, 0.6) is 0 Å². The molecule has 2 heterocycles. The topological polar surface area (TPSA) is 39.7 Å². The first-order valence-corrected chi connectivity index (χ1v) is 9.36. The molecule has 1 aromatic heterocycles. The minimum Gasteiger partial charge on any atom is -0.357 e. The van der Waals surface area contributed by atoms with E-state index in [1.807, 2.05) is 11.3 Å². The number of rotatable bonds is 7. The highest BCUT2D eigenvalue weighted by molar-refractivity contribution is 7.11. The summed E-state index contributed by atoms with van der Waals surface area (Å²) in [6, 6.07) is 4.96. The van der Waals surface area contributed by atoms with Gasteiger partial charge in [0.15, 0.2) is 5.96 Å². The lowest BCUT2D eigenvalue weighted by molar-refractivity contribution is 0.236. The monoisotopic (exact) mass is 322 g/mol. The lowest BCUT2D eigenvalue weighted by Gasteiger charge is -2.27. The van der Waals surface area contributed by atoms with E-state index in [9.17, 15) is 0 Å². The molecule has 0 saturated carbocycles.